The van der Waals surface area contributed by atoms with Crippen molar-refractivity contribution in [1.82, 2.24) is 20.6 Å². The Balaban J connectivity index is 1.51. The van der Waals surface area contributed by atoms with Crippen LogP contribution in [0, 0.1) is 29.1 Å². The van der Waals surface area contributed by atoms with Crippen LogP contribution >= 0.6 is 0 Å². The van der Waals surface area contributed by atoms with Crippen molar-refractivity contribution in [2.45, 2.75) is 71.4 Å². The first-order valence-electron chi connectivity index (χ1n) is 17.6. The van der Waals surface area contributed by atoms with Crippen LogP contribution in [0.2, 0.25) is 0 Å². The molecular formula is C38H57N5O6. The molecular weight excluding hydrogens is 622 g/mol. The van der Waals surface area contributed by atoms with E-state index in [0.29, 0.717) is 42.2 Å². The van der Waals surface area contributed by atoms with Crippen molar-refractivity contribution in [3.8, 4) is 16.9 Å². The van der Waals surface area contributed by atoms with Crippen molar-refractivity contribution < 1.29 is 29.4 Å². The molecule has 4 N–H and O–H groups in total. The molecule has 0 spiro atoms. The van der Waals surface area contributed by atoms with E-state index in [4.69, 9.17) is 9.57 Å². The fraction of sp³-hybridized carbons (Fsp3) is 0.632. The zero-order valence-corrected chi connectivity index (χ0v) is 30.7. The first-order chi connectivity index (χ1) is 23.2. The third-order valence-corrected chi connectivity index (χ3v) is 11.5. The summed E-state index contributed by atoms with van der Waals surface area (Å²) < 4.78 is 6.53. The third kappa shape index (κ3) is 7.46. The number of likely N-dealkylation sites (N-methyl/N-ethyl adjacent to an activating group) is 1. The van der Waals surface area contributed by atoms with Gasteiger partial charge >= 0.3 is 0 Å². The van der Waals surface area contributed by atoms with E-state index >= 15 is 0 Å². The minimum atomic E-state index is -0.895. The molecule has 11 heteroatoms. The summed E-state index contributed by atoms with van der Waals surface area (Å²) in [5.41, 5.74) is 4.07. The zero-order chi connectivity index (χ0) is 35.8. The van der Waals surface area contributed by atoms with E-state index in [1.807, 2.05) is 74.4 Å². The van der Waals surface area contributed by atoms with Crippen molar-refractivity contribution >= 4 is 17.5 Å². The smallest absolute Gasteiger partial charge is 0.251 e. The fourth-order valence-corrected chi connectivity index (χ4v) is 8.39. The minimum Gasteiger partial charge on any atom is -0.491 e. The third-order valence-electron chi connectivity index (χ3n) is 11.5. The van der Waals surface area contributed by atoms with Crippen LogP contribution in [-0.2, 0) is 16.2 Å². The summed E-state index contributed by atoms with van der Waals surface area (Å²) >= 11 is 0. The molecule has 1 heterocycles. The van der Waals surface area contributed by atoms with Crippen LogP contribution in [0.4, 0.5) is 5.69 Å². The predicted octanol–water partition coefficient (Wildman–Crippen LogP) is 3.38. The van der Waals surface area contributed by atoms with Crippen molar-refractivity contribution in [2.75, 3.05) is 59.9 Å². The van der Waals surface area contributed by atoms with Gasteiger partial charge < -0.3 is 35.4 Å². The lowest BCUT2D eigenvalue weighted by atomic mass is 9.45. The number of fused-ring (bicyclic) bond motifs is 2. The predicted molar refractivity (Wildman–Crippen MR) is 191 cm³/mol. The largest absolute Gasteiger partial charge is 0.491 e. The summed E-state index contributed by atoms with van der Waals surface area (Å²) in [6.07, 6.45) is 0.493. The molecule has 4 fully saturated rings. The highest BCUT2D eigenvalue weighted by molar-refractivity contribution is 5.97. The summed E-state index contributed by atoms with van der Waals surface area (Å²) in [5.74, 6) is 1.07. The maximum Gasteiger partial charge on any atom is 0.251 e. The lowest BCUT2D eigenvalue weighted by Crippen LogP contribution is -2.62. The lowest BCUT2D eigenvalue weighted by Gasteiger charge is -2.62. The first kappa shape index (κ1) is 37.0. The molecule has 2 amide bonds. The number of ether oxygens (including phenoxy) is 1. The molecule has 4 aliphatic rings. The highest BCUT2D eigenvalue weighted by Crippen LogP contribution is 2.61. The molecule has 270 valence electrons. The molecule has 6 rings (SSSR count). The van der Waals surface area contributed by atoms with Crippen molar-refractivity contribution in [2.24, 2.45) is 29.1 Å². The van der Waals surface area contributed by atoms with Gasteiger partial charge in [-0.05, 0) is 80.8 Å². The van der Waals surface area contributed by atoms with Crippen LogP contribution in [0.15, 0.2) is 36.4 Å². The van der Waals surface area contributed by atoms with Gasteiger partial charge in [0.25, 0.3) is 5.91 Å². The first-order valence-corrected chi connectivity index (χ1v) is 17.6. The SMILES string of the molecule is CNC(=O)c1cc(-c2cccc(CN3O[C@@H](CO)[C@@H]([C@H](C)O)[C@H]3C(=O)N[C@H]3C[C@@H]4C[C@H]([C@@H]3C)C4(C)C)c2OCCN(C)C)cc(N(C)C)c1. The number of amides is 2. The number of para-hydroxylation sites is 1. The number of hydrogen-bond donors (Lipinski definition) is 4. The number of rotatable bonds is 13. The quantitative estimate of drug-likeness (QED) is 0.252. The molecule has 0 aromatic heterocycles. The summed E-state index contributed by atoms with van der Waals surface area (Å²) in [4.78, 5) is 37.4. The number of hydroxylamine groups is 2. The van der Waals surface area contributed by atoms with Gasteiger partial charge in [-0.1, -0.05) is 39.0 Å². The molecule has 3 saturated carbocycles. The van der Waals surface area contributed by atoms with Crippen LogP contribution in [0.5, 0.6) is 5.75 Å². The van der Waals surface area contributed by atoms with E-state index < -0.39 is 24.2 Å². The Morgan fingerprint density at radius 2 is 1.88 bits per heavy atom. The van der Waals surface area contributed by atoms with Crippen molar-refractivity contribution in [3.05, 3.63) is 47.5 Å². The van der Waals surface area contributed by atoms with Crippen LogP contribution in [0.25, 0.3) is 11.1 Å². The van der Waals surface area contributed by atoms with Gasteiger partial charge in [0.15, 0.2) is 0 Å². The molecule has 0 radical (unpaired) electrons. The van der Waals surface area contributed by atoms with Gasteiger partial charge in [0.1, 0.15) is 24.5 Å². The Morgan fingerprint density at radius 3 is 2.47 bits per heavy atom. The summed E-state index contributed by atoms with van der Waals surface area (Å²) in [5, 5.41) is 29.0. The van der Waals surface area contributed by atoms with Gasteiger partial charge in [-0.15, -0.1) is 0 Å². The minimum absolute atomic E-state index is 0.0423. The number of anilines is 1. The standard InChI is InChI=1S/C38H57N5O6/c1-22-30-18-27(38(30,3)4)19-31(22)40-37(47)34-33(23(2)45)32(21-44)49-43(34)20-24-11-10-12-29(35(24)48-14-13-41(6)7)25-15-26(36(46)39-5)17-28(16-25)42(8)9/h10-12,15-17,22-23,27,30-34,44-45H,13-14,18-21H2,1-9H3,(H,39,46)(H,40,47)/t22-,23-,27-,30+,31-,32-,33+,34-/m0/s1. The van der Waals surface area contributed by atoms with Crippen molar-refractivity contribution in [3.63, 3.8) is 0 Å². The highest BCUT2D eigenvalue weighted by Gasteiger charge is 2.57. The van der Waals surface area contributed by atoms with Gasteiger partial charge in [-0.2, -0.15) is 5.06 Å². The maximum atomic E-state index is 14.3. The van der Waals surface area contributed by atoms with Gasteiger partial charge in [0.2, 0.25) is 5.91 Å². The van der Waals surface area contributed by atoms with Gasteiger partial charge in [-0.25, -0.2) is 0 Å². The average Bonchev–Trinajstić information content (AvgIpc) is 3.43. The summed E-state index contributed by atoms with van der Waals surface area (Å²) in [6, 6.07) is 10.8. The van der Waals surface area contributed by atoms with E-state index in [-0.39, 0.29) is 36.4 Å². The van der Waals surface area contributed by atoms with Crippen LogP contribution in [0.1, 0.15) is 56.5 Å². The lowest BCUT2D eigenvalue weighted by molar-refractivity contribution is -0.183. The Morgan fingerprint density at radius 1 is 1.14 bits per heavy atom. The second-order valence-electron chi connectivity index (χ2n) is 15.4. The molecule has 1 saturated heterocycles. The fourth-order valence-electron chi connectivity index (χ4n) is 8.39. The number of aliphatic hydroxyl groups is 2. The average molecular weight is 680 g/mol. The second-order valence-corrected chi connectivity index (χ2v) is 15.4. The number of aliphatic hydroxyl groups excluding tert-OH is 2. The molecule has 2 bridgehead atoms. The molecule has 11 nitrogen and oxygen atoms in total. The van der Waals surface area contributed by atoms with E-state index in [0.717, 1.165) is 28.8 Å². The monoisotopic (exact) mass is 679 g/mol. The van der Waals surface area contributed by atoms with E-state index in [1.54, 1.807) is 19.0 Å². The second kappa shape index (κ2) is 14.9. The highest BCUT2D eigenvalue weighted by atomic mass is 16.7. The molecule has 2 aromatic carbocycles. The zero-order valence-electron chi connectivity index (χ0n) is 30.7. The van der Waals surface area contributed by atoms with Crippen LogP contribution in [0.3, 0.4) is 0 Å². The molecule has 1 aliphatic heterocycles. The number of benzene rings is 2. The van der Waals surface area contributed by atoms with E-state index in [9.17, 15) is 19.8 Å². The maximum absolute atomic E-state index is 14.3. The molecule has 0 unspecified atom stereocenters. The number of carbonyl (C=O) groups excluding carboxylic acids is 2. The van der Waals surface area contributed by atoms with Gasteiger partial charge in [0, 0.05) is 62.0 Å². The van der Waals surface area contributed by atoms with E-state index in [1.165, 1.54) is 6.42 Å². The Labute approximate surface area is 291 Å². The van der Waals surface area contributed by atoms with Crippen molar-refractivity contribution in [1.29, 1.82) is 0 Å². The Hall–Kier alpha value is -3.22. The number of carbonyl (C=O) groups is 2. The normalized spacial score (nSPS) is 28.1. The van der Waals surface area contributed by atoms with Crippen LogP contribution < -0.4 is 20.3 Å². The van der Waals surface area contributed by atoms with Crippen LogP contribution in [-0.4, -0.2) is 111 Å². The summed E-state index contributed by atoms with van der Waals surface area (Å²) in [7, 11) is 9.44. The number of nitrogens with zero attached hydrogens (tertiary/aromatic N) is 3. The number of nitrogens with one attached hydrogen (secondary N) is 2. The summed E-state index contributed by atoms with van der Waals surface area (Å²) in [6.45, 7) is 9.49. The molecule has 2 aromatic rings. The topological polar surface area (TPSA) is 127 Å². The Kier molecular flexibility index (Phi) is 11.3. The molecule has 3 aliphatic carbocycles. The van der Waals surface area contributed by atoms with E-state index in [2.05, 4.69) is 31.4 Å². The Bertz CT molecular complexity index is 1490. The van der Waals surface area contributed by atoms with Gasteiger partial charge in [-0.3, -0.25) is 14.4 Å². The van der Waals surface area contributed by atoms with Gasteiger partial charge in [0.05, 0.1) is 19.3 Å². The molecule has 8 atom stereocenters. The number of hydrogen-bond acceptors (Lipinski definition) is 9. The molecule has 49 heavy (non-hydrogen) atoms.